The third-order valence-electron chi connectivity index (χ3n) is 3.50. The topological polar surface area (TPSA) is 46.2 Å². The largest absolute Gasteiger partial charge is 0.296 e. The van der Waals surface area contributed by atoms with E-state index in [-0.39, 0.29) is 17.7 Å². The van der Waals surface area contributed by atoms with Crippen molar-refractivity contribution in [3.8, 4) is 0 Å². The molecule has 1 aliphatic heterocycles. The van der Waals surface area contributed by atoms with Crippen molar-refractivity contribution in [3.05, 3.63) is 35.4 Å². The average Bonchev–Trinajstić information content (AvgIpc) is 2.34. The van der Waals surface area contributed by atoms with Gasteiger partial charge >= 0.3 is 0 Å². The minimum absolute atomic E-state index is 0.0614. The summed E-state index contributed by atoms with van der Waals surface area (Å²) in [4.78, 5) is 22.8. The molecule has 1 aliphatic rings. The number of hydrogen-bond donors (Lipinski definition) is 1. The van der Waals surface area contributed by atoms with E-state index in [4.69, 9.17) is 0 Å². The summed E-state index contributed by atoms with van der Waals surface area (Å²) in [5.41, 5.74) is 2.50. The van der Waals surface area contributed by atoms with Crippen molar-refractivity contribution < 1.29 is 9.59 Å². The number of carbonyl (C=O) groups excluding carboxylic acids is 2. The van der Waals surface area contributed by atoms with E-state index in [1.807, 2.05) is 0 Å². The zero-order chi connectivity index (χ0) is 13.8. The molecule has 3 heteroatoms. The number of benzene rings is 1. The van der Waals surface area contributed by atoms with Crippen LogP contribution in [0.2, 0.25) is 0 Å². The Kier molecular flexibility index (Phi) is 4.35. The summed E-state index contributed by atoms with van der Waals surface area (Å²) in [6, 6.07) is 8.48. The van der Waals surface area contributed by atoms with Crippen LogP contribution in [0.5, 0.6) is 0 Å². The van der Waals surface area contributed by atoms with Crippen LogP contribution in [0.15, 0.2) is 24.3 Å². The van der Waals surface area contributed by atoms with Crippen LogP contribution >= 0.6 is 0 Å². The molecule has 19 heavy (non-hydrogen) atoms. The van der Waals surface area contributed by atoms with Gasteiger partial charge in [0.15, 0.2) is 0 Å². The summed E-state index contributed by atoms with van der Waals surface area (Å²) >= 11 is 0. The highest BCUT2D eigenvalue weighted by Gasteiger charge is 2.26. The lowest BCUT2D eigenvalue weighted by Crippen LogP contribution is -2.41. The molecule has 1 heterocycles. The van der Waals surface area contributed by atoms with Crippen LogP contribution < -0.4 is 5.32 Å². The Hall–Kier alpha value is -1.64. The zero-order valence-corrected chi connectivity index (χ0v) is 11.6. The number of nitrogens with one attached hydrogen (secondary N) is 1. The molecule has 2 amide bonds. The maximum absolute atomic E-state index is 11.7. The molecule has 0 aliphatic carbocycles. The minimum Gasteiger partial charge on any atom is -0.296 e. The van der Waals surface area contributed by atoms with Crippen LogP contribution in [-0.2, 0) is 22.4 Å². The zero-order valence-electron chi connectivity index (χ0n) is 11.6. The number of carbonyl (C=O) groups is 2. The molecule has 0 spiro atoms. The number of amides is 2. The van der Waals surface area contributed by atoms with Gasteiger partial charge in [-0.3, -0.25) is 14.9 Å². The Labute approximate surface area is 114 Å². The van der Waals surface area contributed by atoms with Crippen LogP contribution in [0.1, 0.15) is 37.8 Å². The van der Waals surface area contributed by atoms with Crippen molar-refractivity contribution in [2.24, 2.45) is 11.8 Å². The fourth-order valence-corrected chi connectivity index (χ4v) is 2.50. The highest BCUT2D eigenvalue weighted by molar-refractivity contribution is 5.98. The Morgan fingerprint density at radius 3 is 2.37 bits per heavy atom. The molecule has 1 fully saturated rings. The van der Waals surface area contributed by atoms with Gasteiger partial charge in [-0.2, -0.15) is 0 Å². The fourth-order valence-electron chi connectivity index (χ4n) is 2.50. The van der Waals surface area contributed by atoms with Crippen molar-refractivity contribution >= 4 is 11.8 Å². The van der Waals surface area contributed by atoms with Crippen molar-refractivity contribution in [1.29, 1.82) is 0 Å². The summed E-state index contributed by atoms with van der Waals surface area (Å²) < 4.78 is 0. The second-order valence-electron chi connectivity index (χ2n) is 5.77. The quantitative estimate of drug-likeness (QED) is 0.844. The molecule has 0 saturated carbocycles. The number of hydrogen-bond acceptors (Lipinski definition) is 2. The maximum Gasteiger partial charge on any atom is 0.230 e. The van der Waals surface area contributed by atoms with Crippen molar-refractivity contribution in [2.75, 3.05) is 0 Å². The van der Waals surface area contributed by atoms with E-state index >= 15 is 0 Å². The highest BCUT2D eigenvalue weighted by atomic mass is 16.2. The first-order valence-corrected chi connectivity index (χ1v) is 6.96. The first-order chi connectivity index (χ1) is 9.04. The molecule has 1 atom stereocenters. The van der Waals surface area contributed by atoms with E-state index in [0.717, 1.165) is 12.8 Å². The molecule has 2 rings (SSSR count). The van der Waals surface area contributed by atoms with Crippen molar-refractivity contribution in [2.45, 2.75) is 39.5 Å². The van der Waals surface area contributed by atoms with E-state index in [2.05, 4.69) is 43.4 Å². The molecule has 1 unspecified atom stereocenters. The van der Waals surface area contributed by atoms with Gasteiger partial charge in [-0.15, -0.1) is 0 Å². The molecule has 0 aromatic heterocycles. The molecule has 0 radical (unpaired) electrons. The standard InChI is InChI=1S/C16H21NO2/c1-11(2)9-12-3-5-13(6-4-12)10-14-7-8-15(18)17-16(14)19/h3-6,11,14H,7-10H2,1-2H3,(H,17,18,19). The number of rotatable bonds is 4. The Morgan fingerprint density at radius 2 is 1.79 bits per heavy atom. The lowest BCUT2D eigenvalue weighted by atomic mass is 9.90. The first kappa shape index (κ1) is 13.8. The molecule has 102 valence electrons. The van der Waals surface area contributed by atoms with Gasteiger partial charge in [0, 0.05) is 12.3 Å². The van der Waals surface area contributed by atoms with Gasteiger partial charge in [0.05, 0.1) is 0 Å². The number of piperidine rings is 1. The van der Waals surface area contributed by atoms with E-state index < -0.39 is 0 Å². The van der Waals surface area contributed by atoms with Crippen molar-refractivity contribution in [1.82, 2.24) is 5.32 Å². The maximum atomic E-state index is 11.7. The van der Waals surface area contributed by atoms with E-state index in [1.165, 1.54) is 11.1 Å². The van der Waals surface area contributed by atoms with E-state index in [9.17, 15) is 9.59 Å². The van der Waals surface area contributed by atoms with Crippen LogP contribution in [0.25, 0.3) is 0 Å². The van der Waals surface area contributed by atoms with Gasteiger partial charge < -0.3 is 0 Å². The predicted octanol–water partition coefficient (Wildman–Crippen LogP) is 2.48. The minimum atomic E-state index is -0.145. The second kappa shape index (κ2) is 6.00. The van der Waals surface area contributed by atoms with Crippen LogP contribution in [-0.4, -0.2) is 11.8 Å². The molecular weight excluding hydrogens is 238 g/mol. The van der Waals surface area contributed by atoms with Crippen molar-refractivity contribution in [3.63, 3.8) is 0 Å². The third kappa shape index (κ3) is 3.91. The second-order valence-corrected chi connectivity index (χ2v) is 5.77. The summed E-state index contributed by atoms with van der Waals surface area (Å²) in [6.45, 7) is 4.41. The van der Waals surface area contributed by atoms with Gasteiger partial charge in [0.25, 0.3) is 0 Å². The monoisotopic (exact) mass is 259 g/mol. The summed E-state index contributed by atoms with van der Waals surface area (Å²) in [5, 5.41) is 2.41. The van der Waals surface area contributed by atoms with Gasteiger partial charge in [0.1, 0.15) is 0 Å². The van der Waals surface area contributed by atoms with E-state index in [1.54, 1.807) is 0 Å². The average molecular weight is 259 g/mol. The smallest absolute Gasteiger partial charge is 0.230 e. The Bertz CT molecular complexity index is 462. The molecule has 0 bridgehead atoms. The van der Waals surface area contributed by atoms with Crippen LogP contribution in [0.3, 0.4) is 0 Å². The highest BCUT2D eigenvalue weighted by Crippen LogP contribution is 2.19. The predicted molar refractivity (Wildman–Crippen MR) is 74.6 cm³/mol. The SMILES string of the molecule is CC(C)Cc1ccc(CC2CCC(=O)NC2=O)cc1. The van der Waals surface area contributed by atoms with Gasteiger partial charge in [-0.1, -0.05) is 38.1 Å². The van der Waals surface area contributed by atoms with Gasteiger partial charge in [-0.25, -0.2) is 0 Å². The Balaban J connectivity index is 1.96. The molecule has 1 saturated heterocycles. The van der Waals surface area contributed by atoms with Crippen LogP contribution in [0, 0.1) is 11.8 Å². The molecule has 1 N–H and O–H groups in total. The number of imide groups is 1. The van der Waals surface area contributed by atoms with Crippen LogP contribution in [0.4, 0.5) is 0 Å². The summed E-state index contributed by atoms with van der Waals surface area (Å²) in [7, 11) is 0. The van der Waals surface area contributed by atoms with Gasteiger partial charge in [0.2, 0.25) is 11.8 Å². The molecule has 1 aromatic rings. The normalized spacial score (nSPS) is 19.6. The van der Waals surface area contributed by atoms with Gasteiger partial charge in [-0.05, 0) is 36.3 Å². The first-order valence-electron chi connectivity index (χ1n) is 6.96. The fraction of sp³-hybridized carbons (Fsp3) is 0.500. The van der Waals surface area contributed by atoms with E-state index in [0.29, 0.717) is 18.8 Å². The summed E-state index contributed by atoms with van der Waals surface area (Å²) in [5.74, 6) is 0.325. The molecular formula is C16H21NO2. The lowest BCUT2D eigenvalue weighted by Gasteiger charge is -2.20. The Morgan fingerprint density at radius 1 is 1.16 bits per heavy atom. The molecule has 1 aromatic carbocycles. The lowest BCUT2D eigenvalue weighted by molar-refractivity contribution is -0.136. The molecule has 3 nitrogen and oxygen atoms in total. The third-order valence-corrected chi connectivity index (χ3v) is 3.50. The summed E-state index contributed by atoms with van der Waals surface area (Å²) in [6.07, 6.45) is 2.93.